The molecule has 2 N–H and O–H groups in total. The quantitative estimate of drug-likeness (QED) is 0.161. The molecule has 4 nitrogen and oxygen atoms in total. The summed E-state index contributed by atoms with van der Waals surface area (Å²) in [6.45, 7) is 27.2. The summed E-state index contributed by atoms with van der Waals surface area (Å²) in [5.41, 5.74) is 11.8. The van der Waals surface area contributed by atoms with E-state index in [1.54, 1.807) is 0 Å². The van der Waals surface area contributed by atoms with Gasteiger partial charge < -0.3 is 9.97 Å². The number of halogens is 2. The number of hydrogen-bond acceptors (Lipinski definition) is 2. The summed E-state index contributed by atoms with van der Waals surface area (Å²) < 4.78 is 0. The zero-order valence-electron chi connectivity index (χ0n) is 34.6. The van der Waals surface area contributed by atoms with Gasteiger partial charge in [0, 0.05) is 53.1 Å². The number of fused-ring (bicyclic) bond motifs is 10. The Kier molecular flexibility index (Phi) is 7.88. The van der Waals surface area contributed by atoms with Crippen molar-refractivity contribution in [1.29, 1.82) is 0 Å². The Hall–Kier alpha value is -4.64. The van der Waals surface area contributed by atoms with Gasteiger partial charge in [0.2, 0.25) is 0 Å². The van der Waals surface area contributed by atoms with Gasteiger partial charge in [-0.1, -0.05) is 106 Å². The van der Waals surface area contributed by atoms with Crippen LogP contribution in [0, 0.1) is 0 Å². The van der Waals surface area contributed by atoms with Gasteiger partial charge in [0.15, 0.2) is 0 Å². The molecule has 6 heteroatoms. The molecular formula is C50H50Cl2N4. The number of nitrogens with one attached hydrogen (secondary N) is 2. The van der Waals surface area contributed by atoms with Crippen LogP contribution in [-0.4, -0.2) is 19.9 Å². The van der Waals surface area contributed by atoms with Crippen molar-refractivity contribution >= 4 is 110 Å². The molecule has 0 saturated heterocycles. The smallest absolute Gasteiger partial charge is 0.0745 e. The number of aromatic amines is 2. The van der Waals surface area contributed by atoms with Gasteiger partial charge in [0.25, 0.3) is 0 Å². The molecule has 284 valence electrons. The zero-order valence-corrected chi connectivity index (χ0v) is 36.1. The van der Waals surface area contributed by atoms with Crippen LogP contribution in [0.25, 0.3) is 87.2 Å². The summed E-state index contributed by atoms with van der Waals surface area (Å²) >= 11 is 14.3. The first-order valence-corrected chi connectivity index (χ1v) is 20.5. The first kappa shape index (κ1) is 37.0. The van der Waals surface area contributed by atoms with Crippen LogP contribution < -0.4 is 0 Å². The third-order valence-electron chi connectivity index (χ3n) is 11.8. The molecule has 5 aromatic heterocycles. The molecule has 0 atom stereocenters. The van der Waals surface area contributed by atoms with E-state index >= 15 is 0 Å². The van der Waals surface area contributed by atoms with Gasteiger partial charge in [-0.2, -0.15) is 0 Å². The largest absolute Gasteiger partial charge is 0.353 e. The van der Waals surface area contributed by atoms with Crippen LogP contribution in [0.15, 0.2) is 72.8 Å². The van der Waals surface area contributed by atoms with Crippen molar-refractivity contribution in [2.75, 3.05) is 0 Å². The lowest BCUT2D eigenvalue weighted by Crippen LogP contribution is -2.11. The Balaban J connectivity index is 1.67. The monoisotopic (exact) mass is 776 g/mol. The maximum absolute atomic E-state index is 7.17. The van der Waals surface area contributed by atoms with Crippen LogP contribution in [0.5, 0.6) is 0 Å². The Morgan fingerprint density at radius 3 is 0.714 bits per heavy atom. The van der Waals surface area contributed by atoms with Crippen molar-refractivity contribution in [3.63, 3.8) is 0 Å². The summed E-state index contributed by atoms with van der Waals surface area (Å²) in [6.07, 6.45) is 0. The van der Waals surface area contributed by atoms with Crippen molar-refractivity contribution < 1.29 is 0 Å². The average molecular weight is 778 g/mol. The summed E-state index contributed by atoms with van der Waals surface area (Å²) in [6, 6.07) is 26.7. The van der Waals surface area contributed by atoms with Crippen LogP contribution in [0.3, 0.4) is 0 Å². The number of nitrogens with zero attached hydrogens (tertiary/aromatic N) is 2. The van der Waals surface area contributed by atoms with Crippen LogP contribution in [0.1, 0.15) is 105 Å². The average Bonchev–Trinajstić information content (AvgIpc) is 3.66. The molecule has 4 aromatic carbocycles. The zero-order chi connectivity index (χ0) is 40.0. The third kappa shape index (κ3) is 5.94. The maximum atomic E-state index is 7.17. The lowest BCUT2D eigenvalue weighted by Gasteiger charge is -2.21. The lowest BCUT2D eigenvalue weighted by atomic mass is 9.83. The van der Waals surface area contributed by atoms with Gasteiger partial charge in [-0.15, -0.1) is 0 Å². The Morgan fingerprint density at radius 1 is 0.321 bits per heavy atom. The topological polar surface area (TPSA) is 57.4 Å². The number of rotatable bonds is 0. The highest BCUT2D eigenvalue weighted by atomic mass is 35.5. The second-order valence-electron chi connectivity index (χ2n) is 20.1. The van der Waals surface area contributed by atoms with Crippen LogP contribution in [0.4, 0.5) is 0 Å². The van der Waals surface area contributed by atoms with E-state index in [2.05, 4.69) is 142 Å². The van der Waals surface area contributed by atoms with Gasteiger partial charge in [-0.05, 0) is 117 Å². The van der Waals surface area contributed by atoms with E-state index in [9.17, 15) is 0 Å². The van der Waals surface area contributed by atoms with E-state index in [4.69, 9.17) is 33.2 Å². The highest BCUT2D eigenvalue weighted by molar-refractivity contribution is 6.33. The molecule has 9 rings (SSSR count). The molecule has 0 aliphatic carbocycles. The minimum Gasteiger partial charge on any atom is -0.353 e. The van der Waals surface area contributed by atoms with Crippen molar-refractivity contribution in [3.05, 3.63) is 105 Å². The SMILES string of the molecule is CC(C)(C)c1cc2c3cc(Cl)cc(n3)c3cc(C(C)(C)C)cc4c5cc(C(C)(C)C)cc(c6cc(Cl)cc(n6)c6cc(C(C)(C)C)cc7c(c1)c2[nH]c67)c5[nH]c34. The molecule has 56 heavy (non-hydrogen) atoms. The first-order chi connectivity index (χ1) is 26.0. The van der Waals surface area contributed by atoms with Crippen molar-refractivity contribution in [2.24, 2.45) is 0 Å². The number of H-pyrrole nitrogens is 2. The second-order valence-corrected chi connectivity index (χ2v) is 21.0. The first-order valence-electron chi connectivity index (χ1n) is 19.7. The fraction of sp³-hybridized carbons (Fsp3) is 0.320. The summed E-state index contributed by atoms with van der Waals surface area (Å²) in [5, 5.41) is 9.93. The van der Waals surface area contributed by atoms with Crippen molar-refractivity contribution in [3.8, 4) is 0 Å². The van der Waals surface area contributed by atoms with Gasteiger partial charge in [0.05, 0.1) is 44.1 Å². The summed E-state index contributed by atoms with van der Waals surface area (Å²) in [7, 11) is 0. The number of benzene rings is 4. The molecule has 0 radical (unpaired) electrons. The molecule has 0 saturated carbocycles. The Morgan fingerprint density at radius 2 is 0.518 bits per heavy atom. The Bertz CT molecular complexity index is 2770. The highest BCUT2D eigenvalue weighted by Crippen LogP contribution is 2.43. The summed E-state index contributed by atoms with van der Waals surface area (Å²) in [5.74, 6) is 0. The van der Waals surface area contributed by atoms with E-state index in [0.29, 0.717) is 10.0 Å². The van der Waals surface area contributed by atoms with Crippen LogP contribution >= 0.6 is 23.2 Å². The predicted octanol–water partition coefficient (Wildman–Crippen LogP) is 15.4. The molecule has 0 spiro atoms. The second kappa shape index (κ2) is 11.9. The van der Waals surface area contributed by atoms with Gasteiger partial charge >= 0.3 is 0 Å². The third-order valence-corrected chi connectivity index (χ3v) is 12.2. The molecule has 5 heterocycles. The van der Waals surface area contributed by atoms with Gasteiger partial charge in [-0.25, -0.2) is 9.97 Å². The van der Waals surface area contributed by atoms with Crippen LogP contribution in [0.2, 0.25) is 10.0 Å². The highest BCUT2D eigenvalue weighted by Gasteiger charge is 2.24. The van der Waals surface area contributed by atoms with Crippen molar-refractivity contribution in [1.82, 2.24) is 19.9 Å². The normalized spacial score (nSPS) is 13.5. The van der Waals surface area contributed by atoms with Crippen molar-refractivity contribution in [2.45, 2.75) is 105 Å². The number of aromatic nitrogens is 4. The number of hydrogen-bond donors (Lipinski definition) is 2. The molecule has 0 fully saturated rings. The molecule has 8 bridgehead atoms. The lowest BCUT2D eigenvalue weighted by molar-refractivity contribution is 0.591. The van der Waals surface area contributed by atoms with Gasteiger partial charge in [0.1, 0.15) is 0 Å². The molecule has 0 aliphatic heterocycles. The maximum Gasteiger partial charge on any atom is 0.0745 e. The van der Waals surface area contributed by atoms with E-state index in [1.807, 2.05) is 24.3 Å². The molecule has 0 unspecified atom stereocenters. The molecule has 0 amide bonds. The summed E-state index contributed by atoms with van der Waals surface area (Å²) in [4.78, 5) is 18.9. The van der Waals surface area contributed by atoms with Crippen LogP contribution in [-0.2, 0) is 21.7 Å². The molecular weight excluding hydrogens is 727 g/mol. The predicted molar refractivity (Wildman–Crippen MR) is 244 cm³/mol. The van der Waals surface area contributed by atoms with Gasteiger partial charge in [-0.3, -0.25) is 0 Å². The fourth-order valence-electron chi connectivity index (χ4n) is 8.29. The number of pyridine rings is 2. The van der Waals surface area contributed by atoms with E-state index in [0.717, 1.165) is 87.2 Å². The fourth-order valence-corrected chi connectivity index (χ4v) is 8.71. The minimum absolute atomic E-state index is 0.124. The molecule has 0 aliphatic rings. The minimum atomic E-state index is -0.124. The van der Waals surface area contributed by atoms with E-state index in [1.165, 1.54) is 22.3 Å². The molecule has 9 aromatic rings. The Labute approximate surface area is 338 Å². The standard InChI is InChI=1S/C50H50Cl2N4/c1-47(2,3)25-13-31-32-14-26(48(4,5)6)18-36-41-23-30(52)24-42(54-41)38-20-28(50(10,11)12)16-34-33-15-27(49(7,8)9)19-37(45(33)56-46(34)38)40-22-29(51)21-39(53-40)35(17-25)43(31)55-44(32)36/h13-24,55-56H,1-12H3. The van der Waals surface area contributed by atoms with E-state index < -0.39 is 0 Å². The van der Waals surface area contributed by atoms with E-state index in [-0.39, 0.29) is 21.7 Å².